The molecule has 0 radical (unpaired) electrons. The third kappa shape index (κ3) is 8.59. The third-order valence-corrected chi connectivity index (χ3v) is 6.23. The quantitative estimate of drug-likeness (QED) is 0.0860. The van der Waals surface area contributed by atoms with Crippen LogP contribution in [-0.4, -0.2) is 27.0 Å². The van der Waals surface area contributed by atoms with Gasteiger partial charge in [-0.2, -0.15) is 0 Å². The van der Waals surface area contributed by atoms with E-state index in [0.29, 0.717) is 10.9 Å². The molecule has 4 N–H and O–H groups in total. The highest BCUT2D eigenvalue weighted by molar-refractivity contribution is 6.80. The average Bonchev–Trinajstić information content (AvgIpc) is 3.01. The smallest absolute Gasteiger partial charge is 0.386 e. The summed E-state index contributed by atoms with van der Waals surface area (Å²) in [5, 5.41) is 0. The minimum atomic E-state index is -1.58. The normalized spacial score (nSPS) is 10.7. The van der Waals surface area contributed by atoms with Crippen molar-refractivity contribution in [3.8, 4) is 0 Å². The Morgan fingerprint density at radius 1 is 0.605 bits per heavy atom. The Hall–Kier alpha value is -3.87. The van der Waals surface area contributed by atoms with Gasteiger partial charge in [-0.3, -0.25) is 0 Å². The fourth-order valence-electron chi connectivity index (χ4n) is 4.29. The zero-order valence-electron chi connectivity index (χ0n) is 23.0. The number of nitrogens with two attached hydrogens (primary N) is 2. The van der Waals surface area contributed by atoms with E-state index < -0.39 is 48.7 Å². The van der Waals surface area contributed by atoms with Gasteiger partial charge in [0, 0.05) is 13.2 Å². The number of ether oxygens (including phenoxy) is 1. The summed E-state index contributed by atoms with van der Waals surface area (Å²) in [6.45, 7) is 4.71. The molecule has 0 spiro atoms. The van der Waals surface area contributed by atoms with Gasteiger partial charge in [-0.1, -0.05) is 48.5 Å². The van der Waals surface area contributed by atoms with E-state index in [2.05, 4.69) is 13.2 Å². The first-order chi connectivity index (χ1) is 20.7. The van der Waals surface area contributed by atoms with Gasteiger partial charge in [0.05, 0.1) is 13.2 Å². The Bertz CT molecular complexity index is 1470. The molecular weight excluding hydrogens is 572 g/mol. The van der Waals surface area contributed by atoms with E-state index in [0.717, 1.165) is 35.4 Å². The third-order valence-electron chi connectivity index (χ3n) is 6.23. The van der Waals surface area contributed by atoms with Crippen LogP contribution in [0.5, 0.6) is 0 Å². The van der Waals surface area contributed by atoms with Crippen molar-refractivity contribution in [1.29, 1.82) is 0 Å². The highest BCUT2D eigenvalue weighted by Gasteiger charge is 2.26. The highest BCUT2D eigenvalue weighted by atomic mass is 19.2. The van der Waals surface area contributed by atoms with E-state index in [-0.39, 0.29) is 37.3 Å². The molecule has 4 aromatic carbocycles. The largest absolute Gasteiger partial charge is 0.426 e. The zero-order valence-corrected chi connectivity index (χ0v) is 23.0. The van der Waals surface area contributed by atoms with Crippen molar-refractivity contribution in [3.63, 3.8) is 0 Å². The molecule has 0 aliphatic carbocycles. The van der Waals surface area contributed by atoms with Gasteiger partial charge < -0.3 is 19.9 Å². The van der Waals surface area contributed by atoms with Gasteiger partial charge in [0.2, 0.25) is 0 Å². The molecule has 0 bridgehead atoms. The first-order valence-corrected chi connectivity index (χ1v) is 12.9. The summed E-state index contributed by atoms with van der Waals surface area (Å²) in [5.41, 5.74) is 8.18. The predicted octanol–water partition coefficient (Wildman–Crippen LogP) is 3.12. The van der Waals surface area contributed by atoms with Gasteiger partial charge in [-0.05, 0) is 57.2 Å². The topological polar surface area (TPSA) is 79.7 Å². The predicted molar refractivity (Wildman–Crippen MR) is 156 cm³/mol. The van der Waals surface area contributed by atoms with Gasteiger partial charge >= 0.3 is 13.8 Å². The summed E-state index contributed by atoms with van der Waals surface area (Å²) < 4.78 is 98.4. The molecule has 4 rings (SSSR count). The Balaban J connectivity index is 0.00000248. The molecular formula is C30H28B2F6N2O3. The molecule has 0 saturated heterocycles. The second-order valence-corrected chi connectivity index (χ2v) is 9.13. The van der Waals surface area contributed by atoms with Crippen molar-refractivity contribution in [3.05, 3.63) is 132 Å². The summed E-state index contributed by atoms with van der Waals surface area (Å²) in [7, 11) is 0. The van der Waals surface area contributed by atoms with E-state index in [1.54, 1.807) is 48.5 Å². The van der Waals surface area contributed by atoms with Crippen molar-refractivity contribution in [1.82, 2.24) is 0 Å². The van der Waals surface area contributed by atoms with E-state index in [1.807, 2.05) is 0 Å². The van der Waals surface area contributed by atoms with Crippen LogP contribution in [0.25, 0.3) is 0 Å². The maximum absolute atomic E-state index is 13.9. The van der Waals surface area contributed by atoms with Crippen molar-refractivity contribution >= 4 is 35.7 Å². The van der Waals surface area contributed by atoms with Crippen LogP contribution in [-0.2, 0) is 27.4 Å². The maximum Gasteiger partial charge on any atom is 0.386 e. The molecule has 0 atom stereocenters. The molecule has 0 aliphatic heterocycles. The number of hydrogen-bond acceptors (Lipinski definition) is 5. The zero-order chi connectivity index (χ0) is 31.5. The van der Waals surface area contributed by atoms with E-state index in [4.69, 9.17) is 25.8 Å². The van der Waals surface area contributed by atoms with Crippen molar-refractivity contribution in [2.24, 2.45) is 11.6 Å². The fraction of sp³-hybridized carbons (Fsp3) is 0.133. The average molecular weight is 600 g/mol. The van der Waals surface area contributed by atoms with Crippen molar-refractivity contribution < 1.29 is 40.5 Å². The molecule has 0 fully saturated rings. The molecule has 0 unspecified atom stereocenters. The van der Waals surface area contributed by atoms with Crippen molar-refractivity contribution in [2.45, 2.75) is 13.2 Å². The van der Waals surface area contributed by atoms with E-state index in [9.17, 15) is 26.3 Å². The molecule has 224 valence electrons. The van der Waals surface area contributed by atoms with E-state index in [1.165, 1.54) is 0 Å². The Morgan fingerprint density at radius 3 is 1.63 bits per heavy atom. The Kier molecular flexibility index (Phi) is 12.6. The molecule has 43 heavy (non-hydrogen) atoms. The molecule has 0 heterocycles. The highest BCUT2D eigenvalue weighted by Crippen LogP contribution is 2.12. The summed E-state index contributed by atoms with van der Waals surface area (Å²) in [6.07, 6.45) is 0. The fourth-order valence-corrected chi connectivity index (χ4v) is 4.29. The molecule has 0 amide bonds. The van der Waals surface area contributed by atoms with Gasteiger partial charge in [0.25, 0.3) is 0 Å². The molecule has 0 aliphatic rings. The second kappa shape index (κ2) is 16.1. The standard InChI is InChI=1S/C28H24B2F6N2O3.C2H4/c31-23-11-21(12-24(32)27(23)35)29(40-9-8-37)20-3-1-2-18(10-20)16-39-15-17-4-6-19(7-5-17)30(41-38)22-13-25(33)28(36)26(34)14-22;1-2/h1-7,10-14H,8-9,15-16,37-38H2;1-2H2. The van der Waals surface area contributed by atoms with Crippen molar-refractivity contribution in [2.75, 3.05) is 13.2 Å². The lowest BCUT2D eigenvalue weighted by Crippen LogP contribution is -2.47. The van der Waals surface area contributed by atoms with Crippen LogP contribution in [0.3, 0.4) is 0 Å². The number of benzene rings is 4. The maximum atomic E-state index is 13.9. The number of halogens is 6. The molecule has 13 heteroatoms. The second-order valence-electron chi connectivity index (χ2n) is 9.13. The Morgan fingerprint density at radius 2 is 1.12 bits per heavy atom. The van der Waals surface area contributed by atoms with Gasteiger partial charge in [-0.25, -0.2) is 32.2 Å². The first-order valence-electron chi connectivity index (χ1n) is 12.9. The summed E-state index contributed by atoms with van der Waals surface area (Å²) in [4.78, 5) is 0. The van der Waals surface area contributed by atoms with Gasteiger partial charge in [0.15, 0.2) is 34.9 Å². The number of hydrogen-bond donors (Lipinski definition) is 2. The minimum absolute atomic E-state index is 0.00708. The molecule has 5 nitrogen and oxygen atoms in total. The first kappa shape index (κ1) is 33.6. The molecule has 0 saturated carbocycles. The molecule has 0 aromatic heterocycles. The Labute approximate surface area is 246 Å². The van der Waals surface area contributed by atoms with Crippen LogP contribution in [0.2, 0.25) is 0 Å². The van der Waals surface area contributed by atoms with Crippen LogP contribution in [0.4, 0.5) is 26.3 Å². The van der Waals surface area contributed by atoms with Crippen LogP contribution in [0.15, 0.2) is 86.0 Å². The summed E-state index contributed by atoms with van der Waals surface area (Å²) in [6, 6.07) is 17.1. The lowest BCUT2D eigenvalue weighted by molar-refractivity contribution is 0.107. The number of rotatable bonds is 12. The van der Waals surface area contributed by atoms with Gasteiger partial charge in [0.1, 0.15) is 0 Å². The lowest BCUT2D eigenvalue weighted by Gasteiger charge is -2.16. The lowest BCUT2D eigenvalue weighted by atomic mass is 9.55. The van der Waals surface area contributed by atoms with Crippen LogP contribution < -0.4 is 33.5 Å². The van der Waals surface area contributed by atoms with Gasteiger partial charge in [-0.15, -0.1) is 13.2 Å². The molecule has 4 aromatic rings. The van der Waals surface area contributed by atoms with E-state index >= 15 is 0 Å². The summed E-state index contributed by atoms with van der Waals surface area (Å²) in [5.74, 6) is -3.17. The van der Waals surface area contributed by atoms with Crippen LogP contribution in [0, 0.1) is 34.9 Å². The summed E-state index contributed by atoms with van der Waals surface area (Å²) >= 11 is 0. The minimum Gasteiger partial charge on any atom is -0.426 e. The van der Waals surface area contributed by atoms with Crippen LogP contribution >= 0.6 is 0 Å². The SMILES string of the molecule is C=C.NCCOB(c1cccc(COCc2ccc(B(ON)c3cc(F)c(F)c(F)c3)cc2)c1)c1cc(F)c(F)c(F)c1. The van der Waals surface area contributed by atoms with Crippen LogP contribution in [0.1, 0.15) is 11.1 Å². The monoisotopic (exact) mass is 600 g/mol.